The highest BCUT2D eigenvalue weighted by Crippen LogP contribution is 2.40. The Morgan fingerprint density at radius 1 is 1.06 bits per heavy atom. The van der Waals surface area contributed by atoms with Gasteiger partial charge in [0.25, 0.3) is 5.91 Å². The topological polar surface area (TPSA) is 92.8 Å². The molecule has 2 aromatic carbocycles. The molecule has 1 heterocycles. The smallest absolute Gasteiger partial charge is 0.338 e. The average Bonchev–Trinajstić information content (AvgIpc) is 3.06. The van der Waals surface area contributed by atoms with Gasteiger partial charge in [0.1, 0.15) is 0 Å². The Labute approximate surface area is 200 Å². The van der Waals surface area contributed by atoms with E-state index >= 15 is 0 Å². The van der Waals surface area contributed by atoms with Crippen molar-refractivity contribution in [3.63, 3.8) is 0 Å². The number of amides is 3. The molecule has 1 aliphatic heterocycles. The van der Waals surface area contributed by atoms with Crippen LogP contribution in [0.1, 0.15) is 23.7 Å². The Morgan fingerprint density at radius 2 is 1.79 bits per heavy atom. The van der Waals surface area contributed by atoms with E-state index in [1.54, 1.807) is 6.07 Å². The largest absolute Gasteiger partial charge is 0.452 e. The average molecular weight is 487 g/mol. The molecule has 170 valence electrons. The highest BCUT2D eigenvalue weighted by atomic mass is 35.5. The summed E-state index contributed by atoms with van der Waals surface area (Å²) in [5.41, 5.74) is 1.01. The van der Waals surface area contributed by atoms with Gasteiger partial charge in [-0.05, 0) is 54.8 Å². The summed E-state index contributed by atoms with van der Waals surface area (Å²) in [6.45, 7) is 1.43. The molecule has 0 spiro atoms. The van der Waals surface area contributed by atoms with Gasteiger partial charge in [0, 0.05) is 5.69 Å². The highest BCUT2D eigenvalue weighted by molar-refractivity contribution is 6.42. The van der Waals surface area contributed by atoms with Crippen LogP contribution in [0.4, 0.5) is 11.4 Å². The number of rotatable bonds is 5. The third-order valence-electron chi connectivity index (χ3n) is 5.77. The predicted molar refractivity (Wildman–Crippen MR) is 124 cm³/mol. The number of allylic oxidation sites excluding steroid dienone is 2. The molecule has 3 atom stereocenters. The van der Waals surface area contributed by atoms with Gasteiger partial charge >= 0.3 is 5.97 Å². The number of hydrogen-bond donors (Lipinski definition) is 1. The van der Waals surface area contributed by atoms with E-state index in [0.717, 1.165) is 0 Å². The lowest BCUT2D eigenvalue weighted by Crippen LogP contribution is -2.31. The first-order valence-electron chi connectivity index (χ1n) is 10.3. The zero-order valence-corrected chi connectivity index (χ0v) is 19.1. The van der Waals surface area contributed by atoms with Crippen LogP contribution < -0.4 is 10.2 Å². The van der Waals surface area contributed by atoms with Crippen molar-refractivity contribution in [1.82, 2.24) is 0 Å². The zero-order chi connectivity index (χ0) is 23.7. The van der Waals surface area contributed by atoms with Gasteiger partial charge in [-0.1, -0.05) is 42.3 Å². The first-order valence-corrected chi connectivity index (χ1v) is 11.1. The molecule has 4 rings (SSSR count). The molecule has 1 aliphatic carbocycles. The number of ether oxygens (including phenoxy) is 1. The van der Waals surface area contributed by atoms with Crippen LogP contribution in [0.25, 0.3) is 0 Å². The van der Waals surface area contributed by atoms with Crippen LogP contribution in [-0.2, 0) is 19.1 Å². The Morgan fingerprint density at radius 3 is 2.45 bits per heavy atom. The van der Waals surface area contributed by atoms with Crippen LogP contribution in [-0.4, -0.2) is 30.3 Å². The second kappa shape index (κ2) is 9.37. The fraction of sp³-hybridized carbons (Fsp3) is 0.250. The zero-order valence-electron chi connectivity index (χ0n) is 17.6. The summed E-state index contributed by atoms with van der Waals surface area (Å²) >= 11 is 11.7. The van der Waals surface area contributed by atoms with E-state index in [1.807, 2.05) is 19.1 Å². The Kier molecular flexibility index (Phi) is 6.54. The third kappa shape index (κ3) is 4.65. The molecule has 0 radical (unpaired) electrons. The molecular weight excluding hydrogens is 467 g/mol. The first-order chi connectivity index (χ1) is 15.8. The van der Waals surface area contributed by atoms with Crippen LogP contribution in [0.5, 0.6) is 0 Å². The molecule has 9 heteroatoms. The number of hydrogen-bond acceptors (Lipinski definition) is 5. The second-order valence-corrected chi connectivity index (χ2v) is 8.78. The third-order valence-corrected chi connectivity index (χ3v) is 6.51. The molecule has 1 saturated heterocycles. The summed E-state index contributed by atoms with van der Waals surface area (Å²) in [5, 5.41) is 3.19. The molecular formula is C24H20Cl2N2O5. The highest BCUT2D eigenvalue weighted by Gasteiger charge is 2.50. The number of fused-ring (bicyclic) bond motifs is 1. The minimum Gasteiger partial charge on any atom is -0.452 e. The van der Waals surface area contributed by atoms with E-state index in [0.29, 0.717) is 22.8 Å². The predicted octanol–water partition coefficient (Wildman–Crippen LogP) is 4.49. The lowest BCUT2D eigenvalue weighted by molar-refractivity contribution is -0.123. The fourth-order valence-corrected chi connectivity index (χ4v) is 4.43. The van der Waals surface area contributed by atoms with Gasteiger partial charge in [0.15, 0.2) is 6.61 Å². The van der Waals surface area contributed by atoms with Crippen molar-refractivity contribution >= 4 is 58.3 Å². The quantitative estimate of drug-likeness (QED) is 0.381. The SMILES string of the molecule is C[C@@H]1C=CC[C@@H]2C(=O)N(c3ccc(C(=O)OCC(=O)Nc4ccc(Cl)c(Cl)c4)cc3)C(=O)[C@@H]12. The van der Waals surface area contributed by atoms with E-state index in [4.69, 9.17) is 27.9 Å². The number of anilines is 2. The van der Waals surface area contributed by atoms with Crippen LogP contribution in [0.15, 0.2) is 54.6 Å². The molecule has 7 nitrogen and oxygen atoms in total. The summed E-state index contributed by atoms with van der Waals surface area (Å²) in [5.74, 6) is -2.42. The van der Waals surface area contributed by atoms with Crippen molar-refractivity contribution in [1.29, 1.82) is 0 Å². The number of benzene rings is 2. The van der Waals surface area contributed by atoms with Gasteiger partial charge in [0.05, 0.1) is 33.1 Å². The normalized spacial score (nSPS) is 21.7. The number of esters is 1. The molecule has 0 saturated carbocycles. The van der Waals surface area contributed by atoms with Crippen molar-refractivity contribution in [2.24, 2.45) is 17.8 Å². The van der Waals surface area contributed by atoms with E-state index in [-0.39, 0.29) is 40.2 Å². The maximum Gasteiger partial charge on any atom is 0.338 e. The number of imide groups is 1. The van der Waals surface area contributed by atoms with Gasteiger partial charge in [-0.3, -0.25) is 19.3 Å². The van der Waals surface area contributed by atoms with Crippen LogP contribution in [0, 0.1) is 17.8 Å². The Balaban J connectivity index is 1.36. The summed E-state index contributed by atoms with van der Waals surface area (Å²) in [6.07, 6.45) is 4.45. The second-order valence-electron chi connectivity index (χ2n) is 7.97. The Bertz CT molecular complexity index is 1160. The number of nitrogens with zero attached hydrogens (tertiary/aromatic N) is 1. The van der Waals surface area contributed by atoms with Crippen LogP contribution in [0.2, 0.25) is 10.0 Å². The lowest BCUT2D eigenvalue weighted by atomic mass is 9.78. The fourth-order valence-electron chi connectivity index (χ4n) is 4.13. The summed E-state index contributed by atoms with van der Waals surface area (Å²) < 4.78 is 5.05. The lowest BCUT2D eigenvalue weighted by Gasteiger charge is -2.22. The van der Waals surface area contributed by atoms with E-state index in [9.17, 15) is 19.2 Å². The van der Waals surface area contributed by atoms with Crippen molar-refractivity contribution in [3.8, 4) is 0 Å². The van der Waals surface area contributed by atoms with E-state index in [2.05, 4.69) is 5.32 Å². The molecule has 3 amide bonds. The first kappa shape index (κ1) is 23.0. The van der Waals surface area contributed by atoms with Crippen molar-refractivity contribution in [3.05, 3.63) is 70.2 Å². The molecule has 2 aromatic rings. The minimum absolute atomic E-state index is 0.00510. The van der Waals surface area contributed by atoms with E-state index < -0.39 is 18.5 Å². The molecule has 2 aliphatic rings. The summed E-state index contributed by atoms with van der Waals surface area (Å²) in [6, 6.07) is 10.6. The van der Waals surface area contributed by atoms with Gasteiger partial charge in [-0.25, -0.2) is 4.79 Å². The molecule has 33 heavy (non-hydrogen) atoms. The maximum atomic E-state index is 12.9. The molecule has 0 aromatic heterocycles. The number of carbonyl (C=O) groups is 4. The van der Waals surface area contributed by atoms with Crippen molar-refractivity contribution < 1.29 is 23.9 Å². The number of carbonyl (C=O) groups excluding carboxylic acids is 4. The minimum atomic E-state index is -0.712. The Hall–Kier alpha value is -3.16. The summed E-state index contributed by atoms with van der Waals surface area (Å²) in [4.78, 5) is 51.2. The number of nitrogens with one attached hydrogen (secondary N) is 1. The molecule has 1 fully saturated rings. The van der Waals surface area contributed by atoms with Gasteiger partial charge in [0.2, 0.25) is 11.8 Å². The maximum absolute atomic E-state index is 12.9. The van der Waals surface area contributed by atoms with Crippen molar-refractivity contribution in [2.45, 2.75) is 13.3 Å². The number of halogens is 2. The monoisotopic (exact) mass is 486 g/mol. The molecule has 0 bridgehead atoms. The summed E-state index contributed by atoms with van der Waals surface area (Å²) in [7, 11) is 0. The molecule has 0 unspecified atom stereocenters. The van der Waals surface area contributed by atoms with Gasteiger partial charge in [-0.15, -0.1) is 0 Å². The van der Waals surface area contributed by atoms with Crippen LogP contribution >= 0.6 is 23.2 Å². The van der Waals surface area contributed by atoms with Gasteiger partial charge in [-0.2, -0.15) is 0 Å². The van der Waals surface area contributed by atoms with E-state index in [1.165, 1.54) is 41.3 Å². The van der Waals surface area contributed by atoms with Crippen LogP contribution in [0.3, 0.4) is 0 Å². The van der Waals surface area contributed by atoms with Crippen molar-refractivity contribution in [2.75, 3.05) is 16.8 Å². The molecule has 1 N–H and O–H groups in total. The standard InChI is InChI=1S/C24H20Cl2N2O5/c1-13-3-2-4-17-21(13)23(31)28(22(17)30)16-8-5-14(6-9-16)24(32)33-12-20(29)27-15-7-10-18(25)19(26)11-15/h2-3,5-11,13,17,21H,4,12H2,1H3,(H,27,29)/t13-,17+,21+/m1/s1. The van der Waals surface area contributed by atoms with Gasteiger partial charge < -0.3 is 10.1 Å².